The smallest absolute Gasteiger partial charge is 0.222 e. The SMILES string of the molecule is O=C(CCCN1CCC(c2c[nH]c3ccc(Cl)cc23)CC1)N1CCc2ccccc2C1. The summed E-state index contributed by atoms with van der Waals surface area (Å²) >= 11 is 6.22. The zero-order chi connectivity index (χ0) is 21.2. The Kier molecular flexibility index (Phi) is 6.02. The maximum atomic E-state index is 12.7. The Morgan fingerprint density at radius 2 is 1.87 bits per heavy atom. The highest BCUT2D eigenvalue weighted by Crippen LogP contribution is 2.34. The molecule has 0 spiro atoms. The lowest BCUT2D eigenvalue weighted by molar-refractivity contribution is -0.132. The normalized spacial score (nSPS) is 17.8. The molecular weight excluding hydrogens is 406 g/mol. The van der Waals surface area contributed by atoms with Gasteiger partial charge in [0.15, 0.2) is 0 Å². The molecule has 1 N–H and O–H groups in total. The molecule has 4 nitrogen and oxygen atoms in total. The molecule has 3 heterocycles. The van der Waals surface area contributed by atoms with E-state index in [4.69, 9.17) is 11.6 Å². The standard InChI is InChI=1S/C26H30ClN3O/c27-22-7-8-25-23(16-22)24(17-28-25)20-9-13-29(14-10-20)12-3-6-26(31)30-15-11-19-4-1-2-5-21(19)18-30/h1-2,4-5,7-8,16-17,20,28H,3,6,9-15,18H2. The van der Waals surface area contributed by atoms with Crippen LogP contribution in [0, 0.1) is 0 Å². The number of nitrogens with zero attached hydrogens (tertiary/aromatic N) is 2. The predicted molar refractivity (Wildman–Crippen MR) is 127 cm³/mol. The second-order valence-corrected chi connectivity index (χ2v) is 9.42. The van der Waals surface area contributed by atoms with Crippen molar-refractivity contribution in [3.63, 3.8) is 0 Å². The largest absolute Gasteiger partial charge is 0.361 e. The van der Waals surface area contributed by atoms with Crippen LogP contribution >= 0.6 is 11.6 Å². The van der Waals surface area contributed by atoms with E-state index in [1.165, 1.54) is 27.6 Å². The lowest BCUT2D eigenvalue weighted by Crippen LogP contribution is -2.37. The van der Waals surface area contributed by atoms with Crippen LogP contribution in [0.15, 0.2) is 48.7 Å². The first-order valence-corrected chi connectivity index (χ1v) is 11.9. The van der Waals surface area contributed by atoms with Crippen molar-refractivity contribution >= 4 is 28.4 Å². The number of carbonyl (C=O) groups excluding carboxylic acids is 1. The highest BCUT2D eigenvalue weighted by atomic mass is 35.5. The van der Waals surface area contributed by atoms with Crippen molar-refractivity contribution < 1.29 is 4.79 Å². The molecule has 1 fully saturated rings. The second-order valence-electron chi connectivity index (χ2n) is 8.99. The summed E-state index contributed by atoms with van der Waals surface area (Å²) in [6.45, 7) is 4.85. The average Bonchev–Trinajstić information content (AvgIpc) is 3.22. The number of nitrogens with one attached hydrogen (secondary N) is 1. The van der Waals surface area contributed by atoms with Crippen LogP contribution in [-0.2, 0) is 17.8 Å². The summed E-state index contributed by atoms with van der Waals surface area (Å²) in [5.41, 5.74) is 5.27. The molecule has 0 saturated carbocycles. The Bertz CT molecular complexity index is 1070. The van der Waals surface area contributed by atoms with Crippen LogP contribution < -0.4 is 0 Å². The van der Waals surface area contributed by atoms with Crippen LogP contribution in [0.25, 0.3) is 10.9 Å². The van der Waals surface area contributed by atoms with Gasteiger partial charge in [0.25, 0.3) is 0 Å². The maximum absolute atomic E-state index is 12.7. The highest BCUT2D eigenvalue weighted by molar-refractivity contribution is 6.31. The van der Waals surface area contributed by atoms with E-state index in [-0.39, 0.29) is 0 Å². The zero-order valence-electron chi connectivity index (χ0n) is 17.9. The molecule has 0 radical (unpaired) electrons. The van der Waals surface area contributed by atoms with Gasteiger partial charge >= 0.3 is 0 Å². The number of aromatic amines is 1. The van der Waals surface area contributed by atoms with Crippen molar-refractivity contribution in [1.82, 2.24) is 14.8 Å². The minimum Gasteiger partial charge on any atom is -0.361 e. The van der Waals surface area contributed by atoms with Gasteiger partial charge in [0, 0.05) is 41.6 Å². The molecule has 2 aromatic carbocycles. The van der Waals surface area contributed by atoms with Crippen molar-refractivity contribution in [3.05, 3.63) is 70.4 Å². The molecule has 31 heavy (non-hydrogen) atoms. The van der Waals surface area contributed by atoms with Gasteiger partial charge in [-0.15, -0.1) is 0 Å². The van der Waals surface area contributed by atoms with E-state index in [0.29, 0.717) is 18.2 Å². The number of amides is 1. The molecule has 1 aromatic heterocycles. The quantitative estimate of drug-likeness (QED) is 0.585. The number of carbonyl (C=O) groups is 1. The van der Waals surface area contributed by atoms with Crippen LogP contribution in [0.1, 0.15) is 48.3 Å². The number of benzene rings is 2. The molecule has 0 bridgehead atoms. The Morgan fingerprint density at radius 3 is 2.71 bits per heavy atom. The van der Waals surface area contributed by atoms with Gasteiger partial charge in [-0.2, -0.15) is 0 Å². The monoisotopic (exact) mass is 435 g/mol. The van der Waals surface area contributed by atoms with Gasteiger partial charge in [0.2, 0.25) is 5.91 Å². The Morgan fingerprint density at radius 1 is 1.06 bits per heavy atom. The molecule has 162 valence electrons. The van der Waals surface area contributed by atoms with Crippen LogP contribution in [0.3, 0.4) is 0 Å². The topological polar surface area (TPSA) is 39.3 Å². The first-order valence-electron chi connectivity index (χ1n) is 11.5. The lowest BCUT2D eigenvalue weighted by atomic mass is 9.89. The van der Waals surface area contributed by atoms with E-state index in [1.807, 2.05) is 11.0 Å². The number of hydrogen-bond acceptors (Lipinski definition) is 2. The van der Waals surface area contributed by atoms with Gasteiger partial charge in [-0.25, -0.2) is 0 Å². The number of likely N-dealkylation sites (tertiary alicyclic amines) is 1. The number of rotatable bonds is 5. The second kappa shape index (κ2) is 9.05. The molecule has 1 amide bonds. The van der Waals surface area contributed by atoms with E-state index in [2.05, 4.69) is 52.5 Å². The first kappa shape index (κ1) is 20.6. The lowest BCUT2D eigenvalue weighted by Gasteiger charge is -2.32. The Balaban J connectivity index is 1.08. The van der Waals surface area contributed by atoms with Crippen molar-refractivity contribution in [3.8, 4) is 0 Å². The minimum absolute atomic E-state index is 0.306. The van der Waals surface area contributed by atoms with Crippen molar-refractivity contribution in [2.24, 2.45) is 0 Å². The fourth-order valence-electron chi connectivity index (χ4n) is 5.24. The van der Waals surface area contributed by atoms with Crippen LogP contribution in [0.2, 0.25) is 5.02 Å². The minimum atomic E-state index is 0.306. The number of hydrogen-bond donors (Lipinski definition) is 1. The number of halogens is 1. The third-order valence-electron chi connectivity index (χ3n) is 7.05. The summed E-state index contributed by atoms with van der Waals surface area (Å²) in [6.07, 6.45) is 7.07. The molecule has 0 aliphatic carbocycles. The van der Waals surface area contributed by atoms with Crippen LogP contribution in [0.5, 0.6) is 0 Å². The number of fused-ring (bicyclic) bond motifs is 2. The average molecular weight is 436 g/mol. The Labute approximate surface area is 189 Å². The van der Waals surface area contributed by atoms with Crippen molar-refractivity contribution in [2.75, 3.05) is 26.2 Å². The van der Waals surface area contributed by atoms with E-state index < -0.39 is 0 Å². The summed E-state index contributed by atoms with van der Waals surface area (Å²) < 4.78 is 0. The summed E-state index contributed by atoms with van der Waals surface area (Å²) in [5.74, 6) is 0.888. The van der Waals surface area contributed by atoms with Crippen LogP contribution in [0.4, 0.5) is 0 Å². The predicted octanol–water partition coefficient (Wildman–Crippen LogP) is 5.37. The van der Waals surface area contributed by atoms with Crippen molar-refractivity contribution in [1.29, 1.82) is 0 Å². The van der Waals surface area contributed by atoms with E-state index >= 15 is 0 Å². The first-order chi connectivity index (χ1) is 15.2. The third kappa shape index (κ3) is 4.51. The fourth-order valence-corrected chi connectivity index (χ4v) is 5.41. The molecule has 1 saturated heterocycles. The molecule has 2 aliphatic rings. The molecule has 0 unspecified atom stereocenters. The maximum Gasteiger partial charge on any atom is 0.222 e. The van der Waals surface area contributed by atoms with Crippen LogP contribution in [-0.4, -0.2) is 46.9 Å². The summed E-state index contributed by atoms with van der Waals surface area (Å²) in [7, 11) is 0. The number of piperidine rings is 1. The zero-order valence-corrected chi connectivity index (χ0v) is 18.7. The van der Waals surface area contributed by atoms with Gasteiger partial charge < -0.3 is 14.8 Å². The summed E-state index contributed by atoms with van der Waals surface area (Å²) in [6, 6.07) is 14.6. The summed E-state index contributed by atoms with van der Waals surface area (Å²) in [4.78, 5) is 20.7. The molecule has 2 aliphatic heterocycles. The van der Waals surface area contributed by atoms with Crippen molar-refractivity contribution in [2.45, 2.75) is 44.6 Å². The van der Waals surface area contributed by atoms with E-state index in [0.717, 1.165) is 63.4 Å². The van der Waals surface area contributed by atoms with Gasteiger partial charge in [-0.3, -0.25) is 4.79 Å². The Hall–Kier alpha value is -2.30. The third-order valence-corrected chi connectivity index (χ3v) is 7.29. The molecule has 0 atom stereocenters. The number of H-pyrrole nitrogens is 1. The van der Waals surface area contributed by atoms with Gasteiger partial charge in [-0.1, -0.05) is 35.9 Å². The van der Waals surface area contributed by atoms with Gasteiger partial charge in [0.05, 0.1) is 0 Å². The highest BCUT2D eigenvalue weighted by Gasteiger charge is 2.24. The van der Waals surface area contributed by atoms with E-state index in [9.17, 15) is 4.79 Å². The summed E-state index contributed by atoms with van der Waals surface area (Å²) in [5, 5.41) is 2.06. The van der Waals surface area contributed by atoms with Gasteiger partial charge in [0.1, 0.15) is 0 Å². The van der Waals surface area contributed by atoms with Gasteiger partial charge in [-0.05, 0) is 86.1 Å². The van der Waals surface area contributed by atoms with E-state index in [1.54, 1.807) is 0 Å². The fraction of sp³-hybridized carbons (Fsp3) is 0.423. The number of aromatic nitrogens is 1. The molecule has 5 rings (SSSR count). The molecular formula is C26H30ClN3O. The molecule has 3 aromatic rings. The molecule has 5 heteroatoms.